The number of benzene rings is 2. The highest BCUT2D eigenvalue weighted by Crippen LogP contribution is 2.31. The third-order valence-corrected chi connectivity index (χ3v) is 7.06. The van der Waals surface area contributed by atoms with Crippen LogP contribution in [0, 0.1) is 11.7 Å². The maximum absolute atomic E-state index is 13.6. The Morgan fingerprint density at radius 2 is 2.03 bits per heavy atom. The summed E-state index contributed by atoms with van der Waals surface area (Å²) in [6.07, 6.45) is 3.24. The summed E-state index contributed by atoms with van der Waals surface area (Å²) < 4.78 is 49.1. The second-order valence-electron chi connectivity index (χ2n) is 8.74. The number of carbonyl (C=O) groups is 1. The van der Waals surface area contributed by atoms with Crippen molar-refractivity contribution in [1.82, 2.24) is 9.88 Å². The molecule has 1 saturated heterocycles. The van der Waals surface area contributed by atoms with Crippen molar-refractivity contribution >= 4 is 27.6 Å². The Labute approximate surface area is 208 Å². The van der Waals surface area contributed by atoms with Gasteiger partial charge >= 0.3 is 10.2 Å². The van der Waals surface area contributed by atoms with Crippen molar-refractivity contribution in [3.05, 3.63) is 77.7 Å². The Morgan fingerprint density at radius 3 is 2.86 bits per heavy atom. The van der Waals surface area contributed by atoms with Crippen molar-refractivity contribution in [3.8, 4) is 17.0 Å². The first-order valence-electron chi connectivity index (χ1n) is 11.4. The molecule has 3 N–H and O–H groups in total. The van der Waals surface area contributed by atoms with E-state index in [1.165, 1.54) is 12.1 Å². The van der Waals surface area contributed by atoms with Crippen LogP contribution in [0.15, 0.2) is 65.2 Å². The lowest BCUT2D eigenvalue weighted by molar-refractivity contribution is 0.0633. The van der Waals surface area contributed by atoms with E-state index in [9.17, 15) is 17.6 Å². The van der Waals surface area contributed by atoms with Gasteiger partial charge < -0.3 is 15.4 Å². The molecule has 2 aromatic carbocycles. The number of halogens is 1. The van der Waals surface area contributed by atoms with Gasteiger partial charge in [-0.3, -0.25) is 14.5 Å². The molecule has 1 amide bonds. The number of nitrogens with zero attached hydrogens (tertiary/aromatic N) is 3. The molecule has 3 heterocycles. The first kappa shape index (κ1) is 23.7. The number of amidine groups is 1. The molecular weight excluding hydrogens is 485 g/mol. The molecule has 0 spiro atoms. The molecule has 11 heteroatoms. The Kier molecular flexibility index (Phi) is 6.31. The fourth-order valence-electron chi connectivity index (χ4n) is 4.48. The molecule has 36 heavy (non-hydrogen) atoms. The summed E-state index contributed by atoms with van der Waals surface area (Å²) in [7, 11) is -3.87. The highest BCUT2D eigenvalue weighted by molar-refractivity contribution is 7.91. The minimum absolute atomic E-state index is 0.0709. The minimum Gasteiger partial charge on any atom is -0.492 e. The van der Waals surface area contributed by atoms with Gasteiger partial charge in [0.1, 0.15) is 11.6 Å². The van der Waals surface area contributed by atoms with E-state index < -0.39 is 10.2 Å². The molecule has 5 rings (SSSR count). The lowest BCUT2D eigenvalue weighted by Gasteiger charge is -2.33. The predicted octanol–water partition coefficient (Wildman–Crippen LogP) is 3.19. The summed E-state index contributed by atoms with van der Waals surface area (Å²) in [5, 5.41) is 0. The van der Waals surface area contributed by atoms with Crippen LogP contribution in [0.1, 0.15) is 28.8 Å². The van der Waals surface area contributed by atoms with Gasteiger partial charge in [-0.05, 0) is 49.2 Å². The lowest BCUT2D eigenvalue weighted by atomic mass is 9.98. The SMILES string of the molecule is NC1=NS(=O)(=O)Nc2cccc(OC[C@H]3CCCN(C(=O)c4ccnc(-c5cccc(F)c5)c4)C3)c21. The molecule has 0 bridgehead atoms. The van der Waals surface area contributed by atoms with Crippen molar-refractivity contribution < 1.29 is 22.3 Å². The standard InChI is InChI=1S/C25H24FN5O4S/c26-19-6-1-5-17(12-19)21-13-18(9-10-28-21)25(32)31-11-3-4-16(14-31)15-35-22-8-2-7-20-23(22)24(27)30-36(33,34)29-20/h1-2,5-10,12-13,16,29H,3-4,11,14-15H2,(H2,27,30)/t16-/m0/s1. The highest BCUT2D eigenvalue weighted by Gasteiger charge is 2.27. The number of anilines is 1. The number of nitrogens with two attached hydrogens (primary N) is 1. The molecule has 2 aliphatic heterocycles. The highest BCUT2D eigenvalue weighted by atomic mass is 32.2. The van der Waals surface area contributed by atoms with Crippen LogP contribution < -0.4 is 15.2 Å². The average molecular weight is 510 g/mol. The molecule has 9 nitrogen and oxygen atoms in total. The van der Waals surface area contributed by atoms with Gasteiger partial charge in [0, 0.05) is 36.3 Å². The van der Waals surface area contributed by atoms with Gasteiger partial charge in [0.2, 0.25) is 0 Å². The number of piperidine rings is 1. The van der Waals surface area contributed by atoms with Gasteiger partial charge in [-0.25, -0.2) is 4.39 Å². The molecule has 2 aliphatic rings. The number of aromatic nitrogens is 1. The number of fused-ring (bicyclic) bond motifs is 1. The lowest BCUT2D eigenvalue weighted by Crippen LogP contribution is -2.41. The summed E-state index contributed by atoms with van der Waals surface area (Å²) in [5.74, 6) is -0.126. The third kappa shape index (κ3) is 5.01. The molecule has 1 aromatic heterocycles. The number of ether oxygens (including phenoxy) is 1. The van der Waals surface area contributed by atoms with Crippen LogP contribution in [0.2, 0.25) is 0 Å². The monoisotopic (exact) mass is 509 g/mol. The summed E-state index contributed by atoms with van der Waals surface area (Å²) in [5.41, 5.74) is 8.22. The fraction of sp³-hybridized carbons (Fsp3) is 0.240. The zero-order valence-corrected chi connectivity index (χ0v) is 20.0. The second-order valence-corrected chi connectivity index (χ2v) is 10.1. The first-order chi connectivity index (χ1) is 17.3. The van der Waals surface area contributed by atoms with Crippen LogP contribution in [-0.2, 0) is 10.2 Å². The van der Waals surface area contributed by atoms with E-state index >= 15 is 0 Å². The van der Waals surface area contributed by atoms with Crippen LogP contribution in [0.4, 0.5) is 10.1 Å². The van der Waals surface area contributed by atoms with Crippen molar-refractivity contribution in [2.24, 2.45) is 16.0 Å². The topological polar surface area (TPSA) is 127 Å². The Morgan fingerprint density at radius 1 is 1.19 bits per heavy atom. The predicted molar refractivity (Wildman–Crippen MR) is 133 cm³/mol. The van der Waals surface area contributed by atoms with Gasteiger partial charge in [0.25, 0.3) is 5.91 Å². The number of hydrogen-bond donors (Lipinski definition) is 2. The van der Waals surface area contributed by atoms with E-state index in [1.54, 1.807) is 53.6 Å². The van der Waals surface area contributed by atoms with Crippen LogP contribution in [0.5, 0.6) is 5.75 Å². The van der Waals surface area contributed by atoms with Crippen LogP contribution >= 0.6 is 0 Å². The first-order valence-corrected chi connectivity index (χ1v) is 12.9. The Balaban J connectivity index is 1.27. The molecule has 3 aromatic rings. The molecular formula is C25H24FN5O4S. The van der Waals surface area contributed by atoms with Crippen LogP contribution in [-0.4, -0.2) is 49.7 Å². The van der Waals surface area contributed by atoms with Gasteiger partial charge in [0.05, 0.1) is 23.6 Å². The number of amides is 1. The summed E-state index contributed by atoms with van der Waals surface area (Å²) in [4.78, 5) is 19.3. The number of hydrogen-bond acceptors (Lipinski definition) is 6. The van der Waals surface area contributed by atoms with E-state index in [2.05, 4.69) is 14.1 Å². The van der Waals surface area contributed by atoms with Gasteiger partial charge in [-0.15, -0.1) is 4.40 Å². The van der Waals surface area contributed by atoms with Crippen LogP contribution in [0.25, 0.3) is 11.3 Å². The zero-order valence-electron chi connectivity index (χ0n) is 19.2. The third-order valence-electron chi connectivity index (χ3n) is 6.15. The number of likely N-dealkylation sites (tertiary alicyclic amines) is 1. The summed E-state index contributed by atoms with van der Waals surface area (Å²) >= 11 is 0. The fourth-order valence-corrected chi connectivity index (χ4v) is 5.33. The molecule has 1 fully saturated rings. The summed E-state index contributed by atoms with van der Waals surface area (Å²) in [6.45, 7) is 1.45. The molecule has 0 saturated carbocycles. The smallest absolute Gasteiger partial charge is 0.344 e. The Bertz CT molecular complexity index is 1460. The molecule has 1 atom stereocenters. The number of carbonyl (C=O) groups excluding carboxylic acids is 1. The van der Waals surface area contributed by atoms with Gasteiger partial charge in [-0.1, -0.05) is 18.2 Å². The van der Waals surface area contributed by atoms with Crippen molar-refractivity contribution in [2.45, 2.75) is 12.8 Å². The quantitative estimate of drug-likeness (QED) is 0.544. The van der Waals surface area contributed by atoms with Crippen molar-refractivity contribution in [2.75, 3.05) is 24.4 Å². The zero-order chi connectivity index (χ0) is 25.3. The number of rotatable bonds is 5. The molecule has 0 aliphatic carbocycles. The number of pyridine rings is 1. The minimum atomic E-state index is -3.87. The van der Waals surface area contributed by atoms with Crippen molar-refractivity contribution in [1.29, 1.82) is 0 Å². The molecule has 0 unspecified atom stereocenters. The van der Waals surface area contributed by atoms with E-state index in [0.29, 0.717) is 53.5 Å². The van der Waals surface area contributed by atoms with Crippen molar-refractivity contribution in [3.63, 3.8) is 0 Å². The van der Waals surface area contributed by atoms with Crippen LogP contribution in [0.3, 0.4) is 0 Å². The normalized spacial score (nSPS) is 18.5. The molecule has 0 radical (unpaired) electrons. The average Bonchev–Trinajstić information content (AvgIpc) is 2.86. The number of nitrogens with one attached hydrogen (secondary N) is 1. The van der Waals surface area contributed by atoms with Gasteiger partial charge in [0.15, 0.2) is 5.84 Å². The van der Waals surface area contributed by atoms with E-state index in [0.717, 1.165) is 12.8 Å². The van der Waals surface area contributed by atoms with E-state index in [1.807, 2.05) is 0 Å². The second kappa shape index (κ2) is 9.57. The maximum atomic E-state index is 13.6. The summed E-state index contributed by atoms with van der Waals surface area (Å²) in [6, 6.07) is 14.4. The molecule has 186 valence electrons. The van der Waals surface area contributed by atoms with E-state index in [4.69, 9.17) is 10.5 Å². The van der Waals surface area contributed by atoms with Gasteiger partial charge in [-0.2, -0.15) is 8.42 Å². The largest absolute Gasteiger partial charge is 0.492 e. The maximum Gasteiger partial charge on any atom is 0.344 e. The Hall–Kier alpha value is -3.99. The van der Waals surface area contributed by atoms with E-state index in [-0.39, 0.29) is 23.5 Å².